The Morgan fingerprint density at radius 2 is 1.86 bits per heavy atom. The van der Waals surface area contributed by atoms with Gasteiger partial charge in [0.05, 0.1) is 5.52 Å². The third-order valence-corrected chi connectivity index (χ3v) is 5.21. The van der Waals surface area contributed by atoms with E-state index in [9.17, 15) is 0 Å². The van der Waals surface area contributed by atoms with Gasteiger partial charge in [0, 0.05) is 48.5 Å². The Morgan fingerprint density at radius 1 is 1.10 bits per heavy atom. The Hall–Kier alpha value is -1.13. The van der Waals surface area contributed by atoms with Crippen LogP contribution < -0.4 is 4.90 Å². The van der Waals surface area contributed by atoms with Crippen molar-refractivity contribution >= 4 is 32.7 Å². The molecule has 0 radical (unpaired) electrons. The van der Waals surface area contributed by atoms with Crippen LogP contribution in [-0.2, 0) is 5.33 Å². The zero-order chi connectivity index (χ0) is 14.2. The molecule has 1 aliphatic carbocycles. The molecule has 1 saturated carbocycles. The first-order valence-corrected chi connectivity index (χ1v) is 8.91. The molecule has 0 amide bonds. The number of piperazine rings is 1. The molecule has 0 N–H and O–H groups in total. The highest BCUT2D eigenvalue weighted by atomic mass is 79.9. The van der Waals surface area contributed by atoms with Crippen molar-refractivity contribution in [2.45, 2.75) is 24.2 Å². The topological polar surface area (TPSA) is 19.4 Å². The van der Waals surface area contributed by atoms with Crippen LogP contribution >= 0.6 is 15.9 Å². The van der Waals surface area contributed by atoms with E-state index in [1.807, 2.05) is 0 Å². The minimum atomic E-state index is 0.864. The van der Waals surface area contributed by atoms with Crippen LogP contribution in [0, 0.1) is 0 Å². The molecule has 2 fully saturated rings. The van der Waals surface area contributed by atoms with Crippen molar-refractivity contribution in [3.63, 3.8) is 0 Å². The predicted molar refractivity (Wildman–Crippen MR) is 91.2 cm³/mol. The summed E-state index contributed by atoms with van der Waals surface area (Å²) in [5, 5.41) is 2.09. The fourth-order valence-corrected chi connectivity index (χ4v) is 3.67. The van der Waals surface area contributed by atoms with Gasteiger partial charge in [-0.05, 0) is 25.0 Å². The molecule has 1 aromatic carbocycles. The number of para-hydroxylation sites is 1. The van der Waals surface area contributed by atoms with Crippen LogP contribution in [-0.4, -0.2) is 42.1 Å². The van der Waals surface area contributed by atoms with Crippen LogP contribution in [0.5, 0.6) is 0 Å². The number of halogens is 1. The SMILES string of the molecule is BrCc1cc2ccccc2nc1N1CCN(C2CC2)CC1. The van der Waals surface area contributed by atoms with Gasteiger partial charge >= 0.3 is 0 Å². The summed E-state index contributed by atoms with van der Waals surface area (Å²) < 4.78 is 0. The van der Waals surface area contributed by atoms with Crippen molar-refractivity contribution in [2.24, 2.45) is 0 Å². The number of pyridine rings is 1. The Kier molecular flexibility index (Phi) is 3.59. The standard InChI is InChI=1S/C17H20BrN3/c18-12-14-11-13-3-1-2-4-16(13)19-17(14)21-9-7-20(8-10-21)15-5-6-15/h1-4,11,15H,5-10,12H2. The molecule has 0 unspecified atom stereocenters. The van der Waals surface area contributed by atoms with Crippen LogP contribution in [0.2, 0.25) is 0 Å². The van der Waals surface area contributed by atoms with E-state index >= 15 is 0 Å². The maximum absolute atomic E-state index is 4.93. The van der Waals surface area contributed by atoms with Crippen molar-refractivity contribution in [2.75, 3.05) is 31.1 Å². The second-order valence-corrected chi connectivity index (χ2v) is 6.61. The fourth-order valence-electron chi connectivity index (χ4n) is 3.26. The highest BCUT2D eigenvalue weighted by Crippen LogP contribution is 2.30. The summed E-state index contributed by atoms with van der Waals surface area (Å²) in [4.78, 5) is 10.0. The largest absolute Gasteiger partial charge is 0.354 e. The highest BCUT2D eigenvalue weighted by molar-refractivity contribution is 9.08. The summed E-state index contributed by atoms with van der Waals surface area (Å²) in [7, 11) is 0. The molecule has 3 nitrogen and oxygen atoms in total. The zero-order valence-corrected chi connectivity index (χ0v) is 13.7. The molecule has 1 aliphatic heterocycles. The smallest absolute Gasteiger partial charge is 0.133 e. The monoisotopic (exact) mass is 345 g/mol. The van der Waals surface area contributed by atoms with E-state index in [2.05, 4.69) is 56.1 Å². The molecule has 1 saturated heterocycles. The van der Waals surface area contributed by atoms with Crippen LogP contribution in [0.3, 0.4) is 0 Å². The van der Waals surface area contributed by atoms with E-state index in [4.69, 9.17) is 4.98 Å². The van der Waals surface area contributed by atoms with Crippen LogP contribution in [0.1, 0.15) is 18.4 Å². The number of nitrogens with zero attached hydrogens (tertiary/aromatic N) is 3. The summed E-state index contributed by atoms with van der Waals surface area (Å²) >= 11 is 3.63. The zero-order valence-electron chi connectivity index (χ0n) is 12.1. The number of benzene rings is 1. The molecular formula is C17H20BrN3. The summed E-state index contributed by atoms with van der Waals surface area (Å²) in [6, 6.07) is 11.6. The van der Waals surface area contributed by atoms with E-state index in [1.165, 1.54) is 42.7 Å². The lowest BCUT2D eigenvalue weighted by molar-refractivity contribution is 0.247. The number of hydrogen-bond donors (Lipinski definition) is 0. The van der Waals surface area contributed by atoms with Crippen LogP contribution in [0.25, 0.3) is 10.9 Å². The van der Waals surface area contributed by atoms with Crippen molar-refractivity contribution < 1.29 is 0 Å². The molecule has 4 rings (SSSR count). The Bertz CT molecular complexity index is 646. The van der Waals surface area contributed by atoms with E-state index in [1.54, 1.807) is 0 Å². The number of rotatable bonds is 3. The Morgan fingerprint density at radius 3 is 2.57 bits per heavy atom. The summed E-state index contributed by atoms with van der Waals surface area (Å²) in [5.41, 5.74) is 2.40. The molecule has 2 aromatic rings. The molecule has 2 aliphatic rings. The number of aromatic nitrogens is 1. The minimum absolute atomic E-state index is 0.864. The molecule has 0 atom stereocenters. The van der Waals surface area contributed by atoms with Gasteiger partial charge in [-0.15, -0.1) is 0 Å². The molecule has 1 aromatic heterocycles. The lowest BCUT2D eigenvalue weighted by Crippen LogP contribution is -2.47. The molecule has 110 valence electrons. The van der Waals surface area contributed by atoms with Gasteiger partial charge in [-0.3, -0.25) is 4.90 Å². The summed E-state index contributed by atoms with van der Waals surface area (Å²) in [6.45, 7) is 4.56. The van der Waals surface area contributed by atoms with Gasteiger partial charge in [0.2, 0.25) is 0 Å². The van der Waals surface area contributed by atoms with Crippen molar-refractivity contribution in [3.05, 3.63) is 35.9 Å². The predicted octanol–water partition coefficient (Wildman–Crippen LogP) is 3.41. The third kappa shape index (κ3) is 2.67. The molecule has 2 heterocycles. The van der Waals surface area contributed by atoms with E-state index in [0.29, 0.717) is 0 Å². The average molecular weight is 346 g/mol. The number of alkyl halides is 1. The highest BCUT2D eigenvalue weighted by Gasteiger charge is 2.31. The van der Waals surface area contributed by atoms with Crippen molar-refractivity contribution in [3.8, 4) is 0 Å². The lowest BCUT2D eigenvalue weighted by atomic mass is 10.1. The maximum Gasteiger partial charge on any atom is 0.133 e. The second kappa shape index (κ2) is 5.58. The number of anilines is 1. The number of hydrogen-bond acceptors (Lipinski definition) is 3. The summed E-state index contributed by atoms with van der Waals surface area (Å²) in [6.07, 6.45) is 2.81. The Balaban J connectivity index is 1.62. The van der Waals surface area contributed by atoms with Gasteiger partial charge in [0.25, 0.3) is 0 Å². The van der Waals surface area contributed by atoms with Gasteiger partial charge < -0.3 is 4.90 Å². The van der Waals surface area contributed by atoms with Crippen LogP contribution in [0.15, 0.2) is 30.3 Å². The summed E-state index contributed by atoms with van der Waals surface area (Å²) in [5.74, 6) is 1.17. The average Bonchev–Trinajstić information content (AvgIpc) is 3.39. The number of fused-ring (bicyclic) bond motifs is 1. The maximum atomic E-state index is 4.93. The second-order valence-electron chi connectivity index (χ2n) is 6.05. The quantitative estimate of drug-likeness (QED) is 0.794. The first-order chi connectivity index (χ1) is 10.3. The lowest BCUT2D eigenvalue weighted by Gasteiger charge is -2.36. The fraction of sp³-hybridized carbons (Fsp3) is 0.471. The van der Waals surface area contributed by atoms with Crippen molar-refractivity contribution in [1.29, 1.82) is 0 Å². The van der Waals surface area contributed by atoms with Crippen molar-refractivity contribution in [1.82, 2.24) is 9.88 Å². The third-order valence-electron chi connectivity index (χ3n) is 4.60. The molecule has 0 spiro atoms. The van der Waals surface area contributed by atoms with E-state index < -0.39 is 0 Å². The van der Waals surface area contributed by atoms with E-state index in [0.717, 1.165) is 30.0 Å². The normalized spacial score (nSPS) is 20.1. The molecule has 4 heteroatoms. The molecule has 0 bridgehead atoms. The Labute approximate surface area is 134 Å². The first-order valence-electron chi connectivity index (χ1n) is 7.79. The molecule has 21 heavy (non-hydrogen) atoms. The van der Waals surface area contributed by atoms with Gasteiger partial charge in [-0.2, -0.15) is 0 Å². The van der Waals surface area contributed by atoms with Gasteiger partial charge in [0.15, 0.2) is 0 Å². The van der Waals surface area contributed by atoms with Gasteiger partial charge in [-0.25, -0.2) is 4.98 Å². The van der Waals surface area contributed by atoms with Gasteiger partial charge in [-0.1, -0.05) is 34.1 Å². The first kappa shape index (κ1) is 13.5. The molecular weight excluding hydrogens is 326 g/mol. The van der Waals surface area contributed by atoms with Crippen LogP contribution in [0.4, 0.5) is 5.82 Å². The van der Waals surface area contributed by atoms with E-state index in [-0.39, 0.29) is 0 Å². The minimum Gasteiger partial charge on any atom is -0.354 e. The van der Waals surface area contributed by atoms with Gasteiger partial charge in [0.1, 0.15) is 5.82 Å².